The van der Waals surface area contributed by atoms with Crippen LogP contribution in [0.2, 0.25) is 0 Å². The normalized spacial score (nSPS) is 12.9. The Labute approximate surface area is 89.2 Å². The number of hydrogen-bond donors (Lipinski definition) is 1. The standard InChI is InChI=1S/C9H8ClF3O2/c10-4-8(14)6-2-1-5(3-7(6)11)15-9(12)13/h1-3,8-9,14H,4H2. The molecular formula is C9H8ClF3O2. The van der Waals surface area contributed by atoms with Gasteiger partial charge in [0.2, 0.25) is 0 Å². The van der Waals surface area contributed by atoms with E-state index in [9.17, 15) is 18.3 Å². The maximum atomic E-state index is 13.2. The van der Waals surface area contributed by atoms with E-state index in [2.05, 4.69) is 4.74 Å². The molecule has 0 fully saturated rings. The quantitative estimate of drug-likeness (QED) is 0.820. The SMILES string of the molecule is OC(CCl)c1ccc(OC(F)F)cc1F. The second-order valence-electron chi connectivity index (χ2n) is 2.73. The topological polar surface area (TPSA) is 29.5 Å². The van der Waals surface area contributed by atoms with Crippen molar-refractivity contribution in [1.29, 1.82) is 0 Å². The molecule has 0 aliphatic carbocycles. The fraction of sp³-hybridized carbons (Fsp3) is 0.333. The fourth-order valence-electron chi connectivity index (χ4n) is 1.04. The van der Waals surface area contributed by atoms with Gasteiger partial charge in [0, 0.05) is 11.6 Å². The molecule has 0 heterocycles. The molecule has 0 spiro atoms. The van der Waals surface area contributed by atoms with E-state index in [1.165, 1.54) is 0 Å². The van der Waals surface area contributed by atoms with Gasteiger partial charge in [-0.15, -0.1) is 11.6 Å². The van der Waals surface area contributed by atoms with Gasteiger partial charge in [-0.05, 0) is 12.1 Å². The van der Waals surface area contributed by atoms with Gasteiger partial charge in [-0.25, -0.2) is 4.39 Å². The third-order valence-electron chi connectivity index (χ3n) is 1.70. The summed E-state index contributed by atoms with van der Waals surface area (Å²) in [6.45, 7) is -3.01. The van der Waals surface area contributed by atoms with Gasteiger partial charge in [-0.1, -0.05) is 0 Å². The average molecular weight is 241 g/mol. The molecule has 1 N–H and O–H groups in total. The van der Waals surface area contributed by atoms with Crippen LogP contribution in [0.3, 0.4) is 0 Å². The van der Waals surface area contributed by atoms with E-state index >= 15 is 0 Å². The van der Waals surface area contributed by atoms with Crippen LogP contribution in [0.5, 0.6) is 5.75 Å². The van der Waals surface area contributed by atoms with Crippen molar-refractivity contribution in [3.05, 3.63) is 29.6 Å². The molecule has 1 aromatic carbocycles. The number of alkyl halides is 3. The van der Waals surface area contributed by atoms with Crippen molar-refractivity contribution >= 4 is 11.6 Å². The van der Waals surface area contributed by atoms with E-state index in [1.807, 2.05) is 0 Å². The summed E-state index contributed by atoms with van der Waals surface area (Å²) in [5.41, 5.74) is -0.0494. The van der Waals surface area contributed by atoms with Gasteiger partial charge < -0.3 is 9.84 Å². The summed E-state index contributed by atoms with van der Waals surface area (Å²) >= 11 is 5.31. The van der Waals surface area contributed by atoms with Crippen LogP contribution in [0.15, 0.2) is 18.2 Å². The van der Waals surface area contributed by atoms with E-state index in [4.69, 9.17) is 11.6 Å². The first-order valence-corrected chi connectivity index (χ1v) is 4.56. The van der Waals surface area contributed by atoms with Gasteiger partial charge in [0.1, 0.15) is 11.6 Å². The molecule has 1 rings (SSSR count). The van der Waals surface area contributed by atoms with Gasteiger partial charge in [0.25, 0.3) is 0 Å². The molecule has 1 atom stereocenters. The largest absolute Gasteiger partial charge is 0.435 e. The summed E-state index contributed by atoms with van der Waals surface area (Å²) in [4.78, 5) is 0. The molecule has 0 aliphatic rings. The van der Waals surface area contributed by atoms with Crippen molar-refractivity contribution < 1.29 is 23.0 Å². The molecule has 0 aliphatic heterocycles. The summed E-state index contributed by atoms with van der Waals surface area (Å²) in [7, 11) is 0. The Kier molecular flexibility index (Phi) is 4.23. The number of hydrogen-bond acceptors (Lipinski definition) is 2. The number of ether oxygens (including phenoxy) is 1. The lowest BCUT2D eigenvalue weighted by Crippen LogP contribution is -2.05. The van der Waals surface area contributed by atoms with Crippen molar-refractivity contribution in [2.45, 2.75) is 12.7 Å². The Morgan fingerprint density at radius 3 is 2.53 bits per heavy atom. The van der Waals surface area contributed by atoms with Crippen LogP contribution in [0, 0.1) is 5.82 Å². The van der Waals surface area contributed by atoms with Crippen molar-refractivity contribution in [1.82, 2.24) is 0 Å². The van der Waals surface area contributed by atoms with Crippen LogP contribution >= 0.6 is 11.6 Å². The van der Waals surface area contributed by atoms with Crippen molar-refractivity contribution in [2.24, 2.45) is 0 Å². The molecule has 0 saturated heterocycles. The Morgan fingerprint density at radius 1 is 1.40 bits per heavy atom. The minimum atomic E-state index is -3.01. The smallest absolute Gasteiger partial charge is 0.387 e. The molecule has 1 aromatic rings. The Hall–Kier alpha value is -0.940. The predicted molar refractivity (Wildman–Crippen MR) is 48.7 cm³/mol. The van der Waals surface area contributed by atoms with Crippen LogP contribution in [0.1, 0.15) is 11.7 Å². The average Bonchev–Trinajstić information content (AvgIpc) is 2.16. The summed E-state index contributed by atoms with van der Waals surface area (Å²) < 4.78 is 40.7. The second kappa shape index (κ2) is 5.23. The van der Waals surface area contributed by atoms with Crippen LogP contribution in [-0.2, 0) is 0 Å². The number of aliphatic hydroxyl groups is 1. The summed E-state index contributed by atoms with van der Waals surface area (Å²) in [6.07, 6.45) is -1.16. The highest BCUT2D eigenvalue weighted by atomic mass is 35.5. The maximum Gasteiger partial charge on any atom is 0.387 e. The number of benzene rings is 1. The van der Waals surface area contributed by atoms with Crippen LogP contribution < -0.4 is 4.74 Å². The van der Waals surface area contributed by atoms with Gasteiger partial charge in [0.15, 0.2) is 0 Å². The lowest BCUT2D eigenvalue weighted by molar-refractivity contribution is -0.0500. The Bertz CT molecular complexity index is 333. The third kappa shape index (κ3) is 3.28. The first-order chi connectivity index (χ1) is 7.04. The highest BCUT2D eigenvalue weighted by molar-refractivity contribution is 6.18. The fourth-order valence-corrected chi connectivity index (χ4v) is 1.20. The maximum absolute atomic E-state index is 13.2. The zero-order valence-corrected chi connectivity index (χ0v) is 8.22. The Morgan fingerprint density at radius 2 is 2.07 bits per heavy atom. The van der Waals surface area contributed by atoms with Crippen molar-refractivity contribution in [2.75, 3.05) is 5.88 Å². The van der Waals surface area contributed by atoms with Crippen LogP contribution in [0.25, 0.3) is 0 Å². The molecular weight excluding hydrogens is 233 g/mol. The lowest BCUT2D eigenvalue weighted by Gasteiger charge is -2.10. The zero-order valence-electron chi connectivity index (χ0n) is 7.46. The first kappa shape index (κ1) is 12.1. The predicted octanol–water partition coefficient (Wildman–Crippen LogP) is 2.70. The molecule has 84 valence electrons. The molecule has 15 heavy (non-hydrogen) atoms. The van der Waals surface area contributed by atoms with Gasteiger partial charge in [0.05, 0.1) is 12.0 Å². The molecule has 0 bridgehead atoms. The molecule has 0 radical (unpaired) electrons. The number of aliphatic hydroxyl groups excluding tert-OH is 1. The third-order valence-corrected chi connectivity index (χ3v) is 1.99. The second-order valence-corrected chi connectivity index (χ2v) is 3.04. The number of halogens is 4. The minimum absolute atomic E-state index is 0.0494. The number of rotatable bonds is 4. The summed E-state index contributed by atoms with van der Waals surface area (Å²) in [5, 5.41) is 9.22. The molecule has 1 unspecified atom stereocenters. The van der Waals surface area contributed by atoms with Gasteiger partial charge >= 0.3 is 6.61 Å². The van der Waals surface area contributed by atoms with Crippen LogP contribution in [-0.4, -0.2) is 17.6 Å². The van der Waals surface area contributed by atoms with Gasteiger partial charge in [-0.3, -0.25) is 0 Å². The lowest BCUT2D eigenvalue weighted by atomic mass is 10.1. The van der Waals surface area contributed by atoms with Crippen molar-refractivity contribution in [3.63, 3.8) is 0 Å². The van der Waals surface area contributed by atoms with Crippen molar-refractivity contribution in [3.8, 4) is 5.75 Å². The molecule has 0 amide bonds. The minimum Gasteiger partial charge on any atom is -0.435 e. The van der Waals surface area contributed by atoms with Gasteiger partial charge in [-0.2, -0.15) is 8.78 Å². The van der Waals surface area contributed by atoms with E-state index in [0.29, 0.717) is 0 Å². The Balaban J connectivity index is 2.88. The van der Waals surface area contributed by atoms with E-state index in [0.717, 1.165) is 18.2 Å². The molecule has 2 nitrogen and oxygen atoms in total. The highest BCUT2D eigenvalue weighted by Crippen LogP contribution is 2.23. The molecule has 0 aromatic heterocycles. The molecule has 0 saturated carbocycles. The van der Waals surface area contributed by atoms with E-state index in [-0.39, 0.29) is 17.2 Å². The van der Waals surface area contributed by atoms with E-state index < -0.39 is 18.5 Å². The molecule has 6 heteroatoms. The van der Waals surface area contributed by atoms with Crippen LogP contribution in [0.4, 0.5) is 13.2 Å². The van der Waals surface area contributed by atoms with E-state index in [1.54, 1.807) is 0 Å². The zero-order chi connectivity index (χ0) is 11.4. The first-order valence-electron chi connectivity index (χ1n) is 4.03. The summed E-state index contributed by atoms with van der Waals surface area (Å²) in [6, 6.07) is 3.07. The highest BCUT2D eigenvalue weighted by Gasteiger charge is 2.13. The monoisotopic (exact) mass is 240 g/mol. The summed E-state index contributed by atoms with van der Waals surface area (Å²) in [5.74, 6) is -1.30.